The molecule has 0 radical (unpaired) electrons. The molecule has 0 spiro atoms. The summed E-state index contributed by atoms with van der Waals surface area (Å²) in [5.74, 6) is 0.521. The van der Waals surface area contributed by atoms with Crippen LogP contribution in [0.3, 0.4) is 0 Å². The smallest absolute Gasteiger partial charge is 0.0534 e. The van der Waals surface area contributed by atoms with E-state index in [1.54, 1.807) is 0 Å². The van der Waals surface area contributed by atoms with Crippen LogP contribution in [0.15, 0.2) is 30.3 Å². The first-order chi connectivity index (χ1) is 5.88. The van der Waals surface area contributed by atoms with Crippen molar-refractivity contribution in [1.82, 2.24) is 0 Å². The van der Waals surface area contributed by atoms with Gasteiger partial charge in [0.1, 0.15) is 0 Å². The minimum Gasteiger partial charge on any atom is -0.381 e. The van der Waals surface area contributed by atoms with Crippen LogP contribution >= 0.6 is 12.4 Å². The fraction of sp³-hybridized carbons (Fsp3) is 0.400. The van der Waals surface area contributed by atoms with Gasteiger partial charge in [-0.25, -0.2) is 0 Å². The second-order valence-corrected chi connectivity index (χ2v) is 3.23. The summed E-state index contributed by atoms with van der Waals surface area (Å²) in [6.45, 7) is 1.63. The lowest BCUT2D eigenvalue weighted by molar-refractivity contribution is -0.0441. The predicted octanol–water partition coefficient (Wildman–Crippen LogP) is 1.75. The molecule has 2 N–H and O–H groups in total. The van der Waals surface area contributed by atoms with Crippen molar-refractivity contribution in [2.45, 2.75) is 6.04 Å². The molecule has 72 valence electrons. The number of rotatable bonds is 2. The maximum Gasteiger partial charge on any atom is 0.0534 e. The maximum atomic E-state index is 6.02. The van der Waals surface area contributed by atoms with Crippen molar-refractivity contribution in [3.63, 3.8) is 0 Å². The topological polar surface area (TPSA) is 35.2 Å². The molecule has 0 aliphatic carbocycles. The first kappa shape index (κ1) is 10.5. The molecule has 1 aliphatic rings. The number of hydrogen-bond donors (Lipinski definition) is 1. The summed E-state index contributed by atoms with van der Waals surface area (Å²) in [7, 11) is 0. The molecule has 13 heavy (non-hydrogen) atoms. The normalized spacial score (nSPS) is 18.5. The van der Waals surface area contributed by atoms with Crippen LogP contribution in [0, 0.1) is 5.92 Å². The highest BCUT2D eigenvalue weighted by Crippen LogP contribution is 2.25. The molecule has 1 heterocycles. The molecule has 1 aromatic carbocycles. The van der Waals surface area contributed by atoms with E-state index < -0.39 is 0 Å². The average Bonchev–Trinajstić information content (AvgIpc) is 2.03. The number of nitrogens with two attached hydrogens (primary N) is 1. The summed E-state index contributed by atoms with van der Waals surface area (Å²) >= 11 is 0. The quantitative estimate of drug-likeness (QED) is 0.788. The summed E-state index contributed by atoms with van der Waals surface area (Å²) in [4.78, 5) is 0. The van der Waals surface area contributed by atoms with Gasteiger partial charge in [0.05, 0.1) is 13.2 Å². The molecular weight excluding hydrogens is 186 g/mol. The van der Waals surface area contributed by atoms with Crippen LogP contribution in [0.2, 0.25) is 0 Å². The third-order valence-corrected chi connectivity index (χ3v) is 2.36. The average molecular weight is 200 g/mol. The van der Waals surface area contributed by atoms with Crippen LogP contribution in [0.5, 0.6) is 0 Å². The summed E-state index contributed by atoms with van der Waals surface area (Å²) in [5.41, 5.74) is 7.23. The summed E-state index contributed by atoms with van der Waals surface area (Å²) in [6, 6.07) is 10.4. The molecule has 0 bridgehead atoms. The van der Waals surface area contributed by atoms with Crippen molar-refractivity contribution >= 4 is 12.4 Å². The van der Waals surface area contributed by atoms with E-state index in [-0.39, 0.29) is 18.4 Å². The van der Waals surface area contributed by atoms with Gasteiger partial charge in [0, 0.05) is 12.0 Å². The van der Waals surface area contributed by atoms with Crippen LogP contribution < -0.4 is 5.73 Å². The van der Waals surface area contributed by atoms with E-state index in [1.807, 2.05) is 18.2 Å². The fourth-order valence-corrected chi connectivity index (χ4v) is 1.41. The molecule has 1 unspecified atom stereocenters. The predicted molar refractivity (Wildman–Crippen MR) is 54.9 cm³/mol. The molecule has 2 nitrogen and oxygen atoms in total. The molecule has 0 amide bonds. The molecule has 1 fully saturated rings. The van der Waals surface area contributed by atoms with E-state index in [1.165, 1.54) is 5.56 Å². The zero-order chi connectivity index (χ0) is 8.39. The van der Waals surface area contributed by atoms with Gasteiger partial charge in [0.25, 0.3) is 0 Å². The second kappa shape index (κ2) is 4.61. The molecule has 1 aromatic rings. The number of hydrogen-bond acceptors (Lipinski definition) is 2. The van der Waals surface area contributed by atoms with Crippen LogP contribution in [0.4, 0.5) is 0 Å². The highest BCUT2D eigenvalue weighted by molar-refractivity contribution is 5.85. The lowest BCUT2D eigenvalue weighted by Crippen LogP contribution is -2.37. The highest BCUT2D eigenvalue weighted by Gasteiger charge is 2.26. The number of benzene rings is 1. The standard InChI is InChI=1S/C10H13NO.ClH/c11-10(9-6-12-7-9)8-4-2-1-3-5-8;/h1-5,9-10H,6-7,11H2;1H. The lowest BCUT2D eigenvalue weighted by Gasteiger charge is -2.31. The number of ether oxygens (including phenoxy) is 1. The van der Waals surface area contributed by atoms with E-state index in [0.717, 1.165) is 13.2 Å². The largest absolute Gasteiger partial charge is 0.381 e. The summed E-state index contributed by atoms with van der Waals surface area (Å²) in [6.07, 6.45) is 0. The van der Waals surface area contributed by atoms with Crippen molar-refractivity contribution in [3.05, 3.63) is 35.9 Å². The minimum atomic E-state index is 0. The second-order valence-electron chi connectivity index (χ2n) is 3.23. The van der Waals surface area contributed by atoms with Gasteiger partial charge >= 0.3 is 0 Å². The Morgan fingerprint density at radius 1 is 1.23 bits per heavy atom. The molecule has 1 aliphatic heterocycles. The van der Waals surface area contributed by atoms with Crippen molar-refractivity contribution in [2.75, 3.05) is 13.2 Å². The highest BCUT2D eigenvalue weighted by atomic mass is 35.5. The van der Waals surface area contributed by atoms with Crippen molar-refractivity contribution in [3.8, 4) is 0 Å². The zero-order valence-corrected chi connectivity index (χ0v) is 8.17. The van der Waals surface area contributed by atoms with Gasteiger partial charge in [-0.3, -0.25) is 0 Å². The van der Waals surface area contributed by atoms with Gasteiger partial charge in [-0.2, -0.15) is 0 Å². The van der Waals surface area contributed by atoms with E-state index in [9.17, 15) is 0 Å². The monoisotopic (exact) mass is 199 g/mol. The number of halogens is 1. The van der Waals surface area contributed by atoms with E-state index in [0.29, 0.717) is 5.92 Å². The van der Waals surface area contributed by atoms with E-state index in [4.69, 9.17) is 10.5 Å². The minimum absolute atomic E-state index is 0. The van der Waals surface area contributed by atoms with Gasteiger partial charge in [0.2, 0.25) is 0 Å². The molecule has 1 saturated heterocycles. The van der Waals surface area contributed by atoms with Crippen molar-refractivity contribution < 1.29 is 4.74 Å². The Kier molecular flexibility index (Phi) is 3.72. The summed E-state index contributed by atoms with van der Waals surface area (Å²) in [5, 5.41) is 0. The van der Waals surface area contributed by atoms with Crippen LogP contribution in [0.25, 0.3) is 0 Å². The molecular formula is C10H14ClNO. The van der Waals surface area contributed by atoms with E-state index in [2.05, 4.69) is 12.1 Å². The Hall–Kier alpha value is -0.570. The van der Waals surface area contributed by atoms with Gasteiger partial charge in [-0.05, 0) is 5.56 Å². The van der Waals surface area contributed by atoms with Crippen LogP contribution in [-0.2, 0) is 4.74 Å². The Morgan fingerprint density at radius 2 is 1.85 bits per heavy atom. The maximum absolute atomic E-state index is 6.02. The summed E-state index contributed by atoms with van der Waals surface area (Å²) < 4.78 is 5.10. The SMILES string of the molecule is Cl.NC(c1ccccc1)C1COC1. The first-order valence-corrected chi connectivity index (χ1v) is 4.26. The Balaban J connectivity index is 0.000000845. The molecule has 2 rings (SSSR count). The third-order valence-electron chi connectivity index (χ3n) is 2.36. The van der Waals surface area contributed by atoms with Crippen molar-refractivity contribution in [2.24, 2.45) is 11.7 Å². The molecule has 0 saturated carbocycles. The van der Waals surface area contributed by atoms with Crippen molar-refractivity contribution in [1.29, 1.82) is 0 Å². The van der Waals surface area contributed by atoms with E-state index >= 15 is 0 Å². The molecule has 0 aromatic heterocycles. The van der Waals surface area contributed by atoms with Gasteiger partial charge in [0.15, 0.2) is 0 Å². The zero-order valence-electron chi connectivity index (χ0n) is 7.35. The van der Waals surface area contributed by atoms with Gasteiger partial charge in [-0.1, -0.05) is 30.3 Å². The van der Waals surface area contributed by atoms with Gasteiger partial charge in [-0.15, -0.1) is 12.4 Å². The third kappa shape index (κ3) is 2.21. The van der Waals surface area contributed by atoms with Crippen LogP contribution in [-0.4, -0.2) is 13.2 Å². The first-order valence-electron chi connectivity index (χ1n) is 4.26. The lowest BCUT2D eigenvalue weighted by atomic mass is 9.93. The van der Waals surface area contributed by atoms with Gasteiger partial charge < -0.3 is 10.5 Å². The molecule has 3 heteroatoms. The Morgan fingerprint density at radius 3 is 2.31 bits per heavy atom. The Labute approximate surface area is 84.5 Å². The molecule has 1 atom stereocenters. The van der Waals surface area contributed by atoms with Crippen LogP contribution in [0.1, 0.15) is 11.6 Å². The Bertz CT molecular complexity index is 248. The fourth-order valence-electron chi connectivity index (χ4n) is 1.41.